The molecule has 3 aliphatic heterocycles. The largest absolute Gasteiger partial charge is 0.473 e. The molecule has 48 heavy (non-hydrogen) atoms. The summed E-state index contributed by atoms with van der Waals surface area (Å²) < 4.78 is 51.0. The van der Waals surface area contributed by atoms with Crippen molar-refractivity contribution in [1.29, 1.82) is 5.26 Å². The predicted molar refractivity (Wildman–Crippen MR) is 160 cm³/mol. The topological polar surface area (TPSA) is 161 Å². The van der Waals surface area contributed by atoms with Crippen LogP contribution < -0.4 is 15.4 Å². The Kier molecular flexibility index (Phi) is 9.01. The number of benzene rings is 1. The highest BCUT2D eigenvalue weighted by Gasteiger charge is 2.57. The first kappa shape index (κ1) is 33.5. The number of likely N-dealkylation sites (N-methyl/N-ethyl adjacent to an activating group) is 1. The lowest BCUT2D eigenvalue weighted by Crippen LogP contribution is -2.58. The van der Waals surface area contributed by atoms with Crippen LogP contribution in [0, 0.1) is 23.2 Å². The molecular weight excluding hydrogens is 637 g/mol. The third-order valence-electron chi connectivity index (χ3n) is 9.73. The molecule has 1 aromatic rings. The SMILES string of the molecule is CN(C(=O)[C@H](CC1CC1)NC(=O)C(F)(F)F)[C@@H](CC1CC1)C(=O)N1C[C@@]2(C[C@H]1C#N)Oc1cc(C(=O)N3CCOCC3)ccc1NC2=O. The highest BCUT2D eigenvalue weighted by atomic mass is 19.4. The summed E-state index contributed by atoms with van der Waals surface area (Å²) in [5.41, 5.74) is -1.03. The molecule has 0 bridgehead atoms. The normalized spacial score (nSPS) is 24.9. The number of morpholine rings is 1. The van der Waals surface area contributed by atoms with E-state index in [0.29, 0.717) is 50.4 Å². The number of hydrogen-bond acceptors (Lipinski definition) is 8. The van der Waals surface area contributed by atoms with Crippen molar-refractivity contribution in [2.45, 2.75) is 74.8 Å². The molecule has 1 spiro atoms. The smallest absolute Gasteiger partial charge is 0.471 e. The third-order valence-corrected chi connectivity index (χ3v) is 9.73. The van der Waals surface area contributed by atoms with E-state index in [2.05, 4.69) is 11.4 Å². The van der Waals surface area contributed by atoms with E-state index in [0.717, 1.165) is 17.7 Å². The second kappa shape index (κ2) is 12.9. The van der Waals surface area contributed by atoms with Crippen LogP contribution in [0.25, 0.3) is 0 Å². The van der Waals surface area contributed by atoms with Crippen LogP contribution >= 0.6 is 0 Å². The summed E-state index contributed by atoms with van der Waals surface area (Å²) in [4.78, 5) is 70.2. The van der Waals surface area contributed by atoms with Gasteiger partial charge in [-0.3, -0.25) is 24.0 Å². The Bertz CT molecular complexity index is 1530. The summed E-state index contributed by atoms with van der Waals surface area (Å²) in [5, 5.41) is 14.7. The lowest BCUT2D eigenvalue weighted by atomic mass is 9.96. The Balaban J connectivity index is 1.22. The zero-order valence-electron chi connectivity index (χ0n) is 26.4. The van der Waals surface area contributed by atoms with Gasteiger partial charge in [-0.05, 0) is 42.9 Å². The van der Waals surface area contributed by atoms with Gasteiger partial charge in [-0.1, -0.05) is 25.7 Å². The highest BCUT2D eigenvalue weighted by molar-refractivity contribution is 6.03. The van der Waals surface area contributed by atoms with Crippen LogP contribution in [-0.4, -0.2) is 114 Å². The maximum absolute atomic E-state index is 14.2. The summed E-state index contributed by atoms with van der Waals surface area (Å²) in [6.45, 7) is 1.34. The summed E-state index contributed by atoms with van der Waals surface area (Å²) in [5.74, 6) is -4.27. The first-order valence-corrected chi connectivity index (χ1v) is 16.2. The average Bonchev–Trinajstić information content (AvgIpc) is 4.01. The summed E-state index contributed by atoms with van der Waals surface area (Å²) in [7, 11) is 1.31. The maximum Gasteiger partial charge on any atom is 0.471 e. The summed E-state index contributed by atoms with van der Waals surface area (Å²) in [6, 6.07) is 2.93. The van der Waals surface area contributed by atoms with Crippen molar-refractivity contribution >= 4 is 35.2 Å². The quantitative estimate of drug-likeness (QED) is 0.401. The van der Waals surface area contributed by atoms with Crippen LogP contribution in [0.2, 0.25) is 0 Å². The number of anilines is 1. The number of nitrogens with one attached hydrogen (secondary N) is 2. The van der Waals surface area contributed by atoms with Crippen molar-refractivity contribution in [2.75, 3.05) is 45.2 Å². The number of hydrogen-bond donors (Lipinski definition) is 2. The van der Waals surface area contributed by atoms with Crippen molar-refractivity contribution in [3.8, 4) is 11.8 Å². The average molecular weight is 675 g/mol. The zero-order valence-corrected chi connectivity index (χ0v) is 26.4. The van der Waals surface area contributed by atoms with E-state index >= 15 is 0 Å². The fraction of sp³-hybridized carbons (Fsp3) is 0.625. The fourth-order valence-electron chi connectivity index (χ4n) is 6.58. The number of rotatable bonds is 9. The van der Waals surface area contributed by atoms with Gasteiger partial charge in [-0.2, -0.15) is 18.4 Å². The van der Waals surface area contributed by atoms with Gasteiger partial charge >= 0.3 is 12.1 Å². The molecule has 4 atom stereocenters. The van der Waals surface area contributed by atoms with E-state index < -0.39 is 53.5 Å². The molecule has 1 aromatic carbocycles. The second-order valence-corrected chi connectivity index (χ2v) is 13.3. The number of nitrogens with zero attached hydrogens (tertiary/aromatic N) is 4. The number of fused-ring (bicyclic) bond motifs is 1. The molecule has 2 saturated carbocycles. The van der Waals surface area contributed by atoms with Crippen molar-refractivity contribution in [3.63, 3.8) is 0 Å². The van der Waals surface area contributed by atoms with Gasteiger partial charge in [0.15, 0.2) is 0 Å². The number of amides is 5. The van der Waals surface area contributed by atoms with E-state index in [9.17, 15) is 42.4 Å². The molecule has 0 aromatic heterocycles. The van der Waals surface area contributed by atoms with Crippen LogP contribution in [0.4, 0.5) is 18.9 Å². The second-order valence-electron chi connectivity index (χ2n) is 13.3. The Morgan fingerprint density at radius 2 is 1.79 bits per heavy atom. The van der Waals surface area contributed by atoms with Gasteiger partial charge in [0.05, 0.1) is 31.5 Å². The number of nitriles is 1. The lowest BCUT2D eigenvalue weighted by Gasteiger charge is -2.36. The van der Waals surface area contributed by atoms with Gasteiger partial charge in [0.2, 0.25) is 17.4 Å². The number of carbonyl (C=O) groups excluding carboxylic acids is 5. The van der Waals surface area contributed by atoms with E-state index in [1.165, 1.54) is 18.0 Å². The molecule has 2 aliphatic carbocycles. The first-order chi connectivity index (χ1) is 22.8. The van der Waals surface area contributed by atoms with Crippen LogP contribution in [0.1, 0.15) is 55.3 Å². The van der Waals surface area contributed by atoms with Crippen molar-refractivity contribution in [2.24, 2.45) is 11.8 Å². The molecular formula is C32H37F3N6O7. The number of halogens is 3. The molecule has 5 amide bonds. The third kappa shape index (κ3) is 6.92. The molecule has 13 nitrogen and oxygen atoms in total. The minimum Gasteiger partial charge on any atom is -0.473 e. The van der Waals surface area contributed by atoms with Gasteiger partial charge in [-0.15, -0.1) is 0 Å². The summed E-state index contributed by atoms with van der Waals surface area (Å²) in [6.07, 6.45) is -2.16. The van der Waals surface area contributed by atoms with Crippen molar-refractivity contribution in [1.82, 2.24) is 20.0 Å². The van der Waals surface area contributed by atoms with Crippen LogP contribution in [0.15, 0.2) is 18.2 Å². The monoisotopic (exact) mass is 674 g/mol. The minimum absolute atomic E-state index is 0.00638. The molecule has 16 heteroatoms. The van der Waals surface area contributed by atoms with Crippen LogP contribution in [-0.2, 0) is 23.9 Å². The maximum atomic E-state index is 14.2. The molecule has 2 saturated heterocycles. The Labute approximate surface area is 274 Å². The van der Waals surface area contributed by atoms with Gasteiger partial charge < -0.3 is 34.8 Å². The predicted octanol–water partition coefficient (Wildman–Crippen LogP) is 1.83. The summed E-state index contributed by atoms with van der Waals surface area (Å²) >= 11 is 0. The molecule has 2 N–H and O–H groups in total. The number of alkyl halides is 3. The van der Waals surface area contributed by atoms with E-state index in [-0.39, 0.29) is 49.3 Å². The molecule has 258 valence electrons. The van der Waals surface area contributed by atoms with E-state index in [1.807, 2.05) is 5.32 Å². The fourth-order valence-corrected chi connectivity index (χ4v) is 6.58. The molecule has 5 aliphatic rings. The number of likely N-dealkylation sites (tertiary alicyclic amines) is 1. The highest BCUT2D eigenvalue weighted by Crippen LogP contribution is 2.42. The molecule has 0 unspecified atom stereocenters. The Morgan fingerprint density at radius 1 is 1.12 bits per heavy atom. The van der Waals surface area contributed by atoms with Crippen LogP contribution in [0.3, 0.4) is 0 Å². The van der Waals surface area contributed by atoms with Gasteiger partial charge in [0.1, 0.15) is 23.9 Å². The Hall–Kier alpha value is -4.39. The molecule has 4 fully saturated rings. The zero-order chi connectivity index (χ0) is 34.4. The van der Waals surface area contributed by atoms with Crippen LogP contribution in [0.5, 0.6) is 5.75 Å². The van der Waals surface area contributed by atoms with E-state index in [4.69, 9.17) is 9.47 Å². The molecule has 6 rings (SSSR count). The number of carbonyl (C=O) groups is 5. The first-order valence-electron chi connectivity index (χ1n) is 16.2. The minimum atomic E-state index is -5.19. The molecule has 0 radical (unpaired) electrons. The standard InChI is InChI=1S/C32H37F3N6O7/c1-39(27(43)23(12-18-2-3-18)38-30(46)32(33,34)35)24(13-19-4-5-19)28(44)41-17-31(15-21(41)16-36)29(45)37-22-7-6-20(14-25(22)48-31)26(42)40-8-10-47-11-9-40/h6-7,14,18-19,21,23-24H,2-5,8-13,15,17H2,1H3,(H,37,45)(H,38,46)/t21-,23-,24-,31+/m0/s1. The van der Waals surface area contributed by atoms with E-state index in [1.54, 1.807) is 17.0 Å². The number of ether oxygens (including phenoxy) is 2. The van der Waals surface area contributed by atoms with Gasteiger partial charge in [0.25, 0.3) is 11.8 Å². The van der Waals surface area contributed by atoms with Crippen molar-refractivity contribution < 1.29 is 46.6 Å². The lowest BCUT2D eigenvalue weighted by molar-refractivity contribution is -0.175. The van der Waals surface area contributed by atoms with Gasteiger partial charge in [0, 0.05) is 32.1 Å². The molecule has 3 heterocycles. The van der Waals surface area contributed by atoms with Crippen molar-refractivity contribution in [3.05, 3.63) is 23.8 Å². The Morgan fingerprint density at radius 3 is 2.42 bits per heavy atom. The van der Waals surface area contributed by atoms with Gasteiger partial charge in [-0.25, -0.2) is 0 Å².